The molecule has 2 aliphatic rings. The van der Waals surface area contributed by atoms with Gasteiger partial charge in [0.25, 0.3) is 0 Å². The summed E-state index contributed by atoms with van der Waals surface area (Å²) in [5.74, 6) is -1.06. The molecule has 2 aromatic rings. The Labute approximate surface area is 293 Å². The lowest BCUT2D eigenvalue weighted by Crippen LogP contribution is -2.61. The summed E-state index contributed by atoms with van der Waals surface area (Å²) in [5.41, 5.74) is 0.468. The lowest BCUT2D eigenvalue weighted by molar-refractivity contribution is -0.141. The molecular formula is C33H47N4O11PS. The third-order valence-electron chi connectivity index (χ3n) is 8.58. The van der Waals surface area contributed by atoms with E-state index in [9.17, 15) is 27.4 Å². The number of para-hydroxylation sites is 1. The molecule has 1 saturated heterocycles. The Balaban J connectivity index is 1.41. The zero-order valence-electron chi connectivity index (χ0n) is 29.1. The Bertz CT molecular complexity index is 1640. The highest BCUT2D eigenvalue weighted by Gasteiger charge is 2.48. The fraction of sp³-hybridized carbons (Fsp3) is 0.545. The number of phosphoric ester groups is 1. The van der Waals surface area contributed by atoms with Crippen molar-refractivity contribution >= 4 is 41.4 Å². The second-order valence-electron chi connectivity index (χ2n) is 12.6. The van der Waals surface area contributed by atoms with Gasteiger partial charge in [0.1, 0.15) is 11.6 Å². The van der Waals surface area contributed by atoms with E-state index in [4.69, 9.17) is 23.0 Å². The molecule has 0 unspecified atom stereocenters. The number of carbonyl (C=O) groups excluding carboxylic acids is 3. The minimum absolute atomic E-state index is 0.0413. The van der Waals surface area contributed by atoms with Gasteiger partial charge >= 0.3 is 13.9 Å². The third-order valence-corrected chi connectivity index (χ3v) is 11.3. The molecule has 4 rings (SSSR count). The topological polar surface area (TPSA) is 179 Å². The molecule has 17 heteroatoms. The summed E-state index contributed by atoms with van der Waals surface area (Å²) in [5, 5.41) is 5.16. The number of rotatable bonds is 16. The molecule has 3 amide bonds. The number of alkyl carbamates (subject to hydrolysis) is 1. The van der Waals surface area contributed by atoms with E-state index < -0.39 is 53.6 Å². The van der Waals surface area contributed by atoms with Crippen LogP contribution in [0.2, 0.25) is 0 Å². The predicted molar refractivity (Wildman–Crippen MR) is 185 cm³/mol. The maximum Gasteiger partial charge on any atom is 0.477 e. The lowest BCUT2D eigenvalue weighted by atomic mass is 9.74. The monoisotopic (exact) mass is 738 g/mol. The second kappa shape index (κ2) is 16.7. The smallest absolute Gasteiger partial charge is 0.422 e. The van der Waals surface area contributed by atoms with Gasteiger partial charge in [0.05, 0.1) is 38.4 Å². The van der Waals surface area contributed by atoms with Crippen molar-refractivity contribution in [3.05, 3.63) is 65.7 Å². The van der Waals surface area contributed by atoms with Gasteiger partial charge in [-0.3, -0.25) is 22.9 Å². The van der Waals surface area contributed by atoms with Crippen molar-refractivity contribution in [3.63, 3.8) is 0 Å². The van der Waals surface area contributed by atoms with E-state index >= 15 is 0 Å². The molecule has 1 fully saturated rings. The first-order valence-corrected chi connectivity index (χ1v) is 19.7. The maximum atomic E-state index is 14.0. The van der Waals surface area contributed by atoms with Crippen molar-refractivity contribution in [2.45, 2.75) is 64.1 Å². The quantitative estimate of drug-likeness (QED) is 0.190. The number of fused-ring (bicyclic) bond motifs is 2. The molecule has 50 heavy (non-hydrogen) atoms. The van der Waals surface area contributed by atoms with Crippen LogP contribution in [0.15, 0.2) is 54.6 Å². The van der Waals surface area contributed by atoms with Crippen LogP contribution in [0.1, 0.15) is 51.7 Å². The number of nitrogens with zero attached hydrogens (tertiary/aromatic N) is 2. The van der Waals surface area contributed by atoms with Gasteiger partial charge in [-0.05, 0) is 57.7 Å². The van der Waals surface area contributed by atoms with Crippen LogP contribution < -0.4 is 14.9 Å². The Hall–Kier alpha value is -3.53. The number of likely N-dealkylation sites (tertiary alicyclic amines) is 1. The first-order valence-electron chi connectivity index (χ1n) is 16.4. The molecule has 1 spiro atoms. The summed E-state index contributed by atoms with van der Waals surface area (Å²) >= 11 is 0. The molecule has 0 bridgehead atoms. The van der Waals surface area contributed by atoms with Gasteiger partial charge in [0.2, 0.25) is 28.6 Å². The first-order chi connectivity index (χ1) is 23.6. The minimum atomic E-state index is -3.93. The molecule has 276 valence electrons. The summed E-state index contributed by atoms with van der Waals surface area (Å²) in [6.07, 6.45) is 1.19. The molecule has 15 nitrogen and oxygen atoms in total. The minimum Gasteiger partial charge on any atom is -0.422 e. The van der Waals surface area contributed by atoms with E-state index in [1.165, 1.54) is 24.4 Å². The third kappa shape index (κ3) is 9.83. The average molecular weight is 739 g/mol. The van der Waals surface area contributed by atoms with Crippen LogP contribution in [-0.2, 0) is 59.2 Å². The number of hydrogen-bond acceptors (Lipinski definition) is 11. The zero-order valence-corrected chi connectivity index (χ0v) is 30.8. The molecule has 0 aromatic heterocycles. The van der Waals surface area contributed by atoms with E-state index in [1.54, 1.807) is 24.8 Å². The number of hydrogen-bond donors (Lipinski definition) is 2. The average Bonchev–Trinajstić information content (AvgIpc) is 3.39. The number of anilines is 1. The van der Waals surface area contributed by atoms with Crippen LogP contribution in [0.5, 0.6) is 0 Å². The summed E-state index contributed by atoms with van der Waals surface area (Å²) in [4.78, 5) is 41.7. The Morgan fingerprint density at radius 2 is 1.58 bits per heavy atom. The molecule has 2 aliphatic heterocycles. The van der Waals surface area contributed by atoms with Crippen LogP contribution in [0, 0.1) is 0 Å². The molecule has 0 saturated carbocycles. The van der Waals surface area contributed by atoms with E-state index in [0.29, 0.717) is 38.2 Å². The summed E-state index contributed by atoms with van der Waals surface area (Å²) in [6.45, 7) is 6.37. The first kappa shape index (κ1) is 39.3. The lowest BCUT2D eigenvalue weighted by Gasteiger charge is -2.41. The number of sulfonamides is 1. The second-order valence-corrected chi connectivity index (χ2v) is 16.2. The Kier molecular flexibility index (Phi) is 13.1. The predicted octanol–water partition coefficient (Wildman–Crippen LogP) is 3.69. The molecule has 0 aliphatic carbocycles. The van der Waals surface area contributed by atoms with E-state index in [0.717, 1.165) is 11.1 Å². The highest BCUT2D eigenvalue weighted by atomic mass is 32.2. The summed E-state index contributed by atoms with van der Waals surface area (Å²) < 4.78 is 65.0. The SMILES string of the molecule is CCOP(=O)(OCC)OCOC(=O)NC(C)(C)C(=O)N[C@H](COCc1ccccc1)C(=O)N1CCC2(CC1)CN(S(C)(=O)=O)c1ccccc12. The van der Waals surface area contributed by atoms with E-state index in [2.05, 4.69) is 10.6 Å². The fourth-order valence-electron chi connectivity index (χ4n) is 5.99. The van der Waals surface area contributed by atoms with Crippen LogP contribution in [0.4, 0.5) is 10.5 Å². The van der Waals surface area contributed by atoms with Crippen molar-refractivity contribution in [2.75, 3.05) is 56.8 Å². The number of amides is 3. The Morgan fingerprint density at radius 3 is 2.20 bits per heavy atom. The maximum absolute atomic E-state index is 14.0. The number of benzene rings is 2. The van der Waals surface area contributed by atoms with Gasteiger partial charge in [-0.1, -0.05) is 48.5 Å². The van der Waals surface area contributed by atoms with Gasteiger partial charge < -0.3 is 25.0 Å². The summed E-state index contributed by atoms with van der Waals surface area (Å²) in [6, 6.07) is 15.7. The van der Waals surface area contributed by atoms with Crippen LogP contribution in [0.3, 0.4) is 0 Å². The van der Waals surface area contributed by atoms with Gasteiger partial charge in [-0.2, -0.15) is 0 Å². The van der Waals surface area contributed by atoms with Crippen molar-refractivity contribution in [1.82, 2.24) is 15.5 Å². The number of phosphoric acid groups is 1. The fourth-order valence-corrected chi connectivity index (χ4v) is 8.02. The number of nitrogens with one attached hydrogen (secondary N) is 2. The van der Waals surface area contributed by atoms with Gasteiger partial charge in [0, 0.05) is 25.0 Å². The molecule has 1 atom stereocenters. The Morgan fingerprint density at radius 1 is 0.960 bits per heavy atom. The normalized spacial score (nSPS) is 16.5. The molecule has 0 radical (unpaired) electrons. The number of piperidine rings is 1. The number of carbonyl (C=O) groups is 3. The van der Waals surface area contributed by atoms with E-state index in [-0.39, 0.29) is 32.3 Å². The van der Waals surface area contributed by atoms with Gasteiger partial charge in [-0.15, -0.1) is 0 Å². The van der Waals surface area contributed by atoms with Crippen LogP contribution in [-0.4, -0.2) is 95.3 Å². The zero-order chi connectivity index (χ0) is 36.6. The van der Waals surface area contributed by atoms with Gasteiger partial charge in [-0.25, -0.2) is 22.3 Å². The number of ether oxygens (including phenoxy) is 2. The van der Waals surface area contributed by atoms with Crippen LogP contribution >= 0.6 is 7.82 Å². The molecule has 2 N–H and O–H groups in total. The van der Waals surface area contributed by atoms with Crippen molar-refractivity contribution in [1.29, 1.82) is 0 Å². The highest BCUT2D eigenvalue weighted by molar-refractivity contribution is 7.92. The standard InChI is InChI=1S/C33H47N4O11PS/c1-6-46-49(41,47-7-2)48-24-45-31(40)35-32(3,4)30(39)34-27(22-44-21-25-13-9-8-10-14-25)29(38)36-19-17-33(18-20-36)23-37(50(5,42)43)28-16-12-11-15-26(28)33/h8-16,27H,6-7,17-24H2,1-5H3,(H,34,39)(H,35,40)/t27-/m1/s1. The molecular weight excluding hydrogens is 691 g/mol. The van der Waals surface area contributed by atoms with Crippen molar-refractivity contribution in [2.24, 2.45) is 0 Å². The largest absolute Gasteiger partial charge is 0.477 e. The van der Waals surface area contributed by atoms with Crippen LogP contribution in [0.25, 0.3) is 0 Å². The van der Waals surface area contributed by atoms with Crippen molar-refractivity contribution in [3.8, 4) is 0 Å². The molecule has 2 aromatic carbocycles. The van der Waals surface area contributed by atoms with Gasteiger partial charge in [0.15, 0.2) is 0 Å². The molecule has 2 heterocycles. The highest BCUT2D eigenvalue weighted by Crippen LogP contribution is 2.49. The summed E-state index contributed by atoms with van der Waals surface area (Å²) in [7, 11) is -7.43. The van der Waals surface area contributed by atoms with E-state index in [1.807, 2.05) is 48.5 Å². The van der Waals surface area contributed by atoms with Crippen molar-refractivity contribution < 1.29 is 50.4 Å².